The van der Waals surface area contributed by atoms with Gasteiger partial charge in [0.15, 0.2) is 16.6 Å². The highest BCUT2D eigenvalue weighted by Crippen LogP contribution is 2.30. The Morgan fingerprint density at radius 3 is 2.66 bits per heavy atom. The smallest absolute Gasteiger partial charge is 0.170 e. The third-order valence-electron chi connectivity index (χ3n) is 5.07. The van der Waals surface area contributed by atoms with Crippen LogP contribution in [0.25, 0.3) is 0 Å². The first-order valence-electron chi connectivity index (χ1n) is 10.9. The van der Waals surface area contributed by atoms with Crippen molar-refractivity contribution in [3.05, 3.63) is 66.5 Å². The zero-order chi connectivity index (χ0) is 22.6. The Morgan fingerprint density at radius 2 is 1.91 bits per heavy atom. The van der Waals surface area contributed by atoms with Crippen LogP contribution in [-0.4, -0.2) is 39.9 Å². The van der Waals surface area contributed by atoms with E-state index < -0.39 is 0 Å². The lowest BCUT2D eigenvalue weighted by atomic mass is 10.1. The molecule has 0 aliphatic heterocycles. The Labute approximate surface area is 195 Å². The molecule has 7 nitrogen and oxygen atoms in total. The van der Waals surface area contributed by atoms with Gasteiger partial charge in [-0.25, -0.2) is 4.98 Å². The largest absolute Gasteiger partial charge is 0.493 e. The number of imidazole rings is 1. The fourth-order valence-corrected chi connectivity index (χ4v) is 3.49. The molecule has 0 saturated carbocycles. The van der Waals surface area contributed by atoms with Crippen LogP contribution in [-0.2, 0) is 13.0 Å². The van der Waals surface area contributed by atoms with Crippen molar-refractivity contribution in [2.75, 3.05) is 25.6 Å². The molecule has 0 bridgehead atoms. The van der Waals surface area contributed by atoms with Gasteiger partial charge < -0.3 is 24.7 Å². The van der Waals surface area contributed by atoms with Gasteiger partial charge in [0.1, 0.15) is 0 Å². The number of anilines is 1. The van der Waals surface area contributed by atoms with E-state index in [1.807, 2.05) is 43.1 Å². The van der Waals surface area contributed by atoms with Gasteiger partial charge >= 0.3 is 0 Å². The number of nitrogens with one attached hydrogen (secondary N) is 2. The van der Waals surface area contributed by atoms with E-state index in [0.717, 1.165) is 55.9 Å². The van der Waals surface area contributed by atoms with Crippen LogP contribution >= 0.6 is 12.2 Å². The number of aromatic nitrogens is 3. The zero-order valence-corrected chi connectivity index (χ0v) is 19.5. The van der Waals surface area contributed by atoms with Crippen LogP contribution < -0.4 is 20.1 Å². The molecule has 0 fully saturated rings. The van der Waals surface area contributed by atoms with Crippen molar-refractivity contribution in [3.8, 4) is 11.5 Å². The third kappa shape index (κ3) is 7.53. The molecule has 0 aliphatic carbocycles. The summed E-state index contributed by atoms with van der Waals surface area (Å²) in [7, 11) is 1.64. The first kappa shape index (κ1) is 23.5. The molecule has 0 amide bonds. The summed E-state index contributed by atoms with van der Waals surface area (Å²) in [4.78, 5) is 8.18. The SMILES string of the molecule is COc1cc(NC(=S)NCCCn2cncc2C)ccc1OCCCCc1ccncc1. The number of hydrogen-bond donors (Lipinski definition) is 2. The topological polar surface area (TPSA) is 73.2 Å². The second-order valence-corrected chi connectivity index (χ2v) is 7.90. The standard InChI is InChI=1S/C24H31N5O2S/c1-19-17-26-18-29(19)14-5-11-27-24(32)28-21-7-8-22(23(16-21)30-2)31-15-4-3-6-20-9-12-25-13-10-20/h7-10,12-13,16-18H,3-6,11,14-15H2,1-2H3,(H2,27,28,32). The summed E-state index contributed by atoms with van der Waals surface area (Å²) >= 11 is 5.41. The molecule has 0 saturated heterocycles. The molecule has 170 valence electrons. The average Bonchev–Trinajstić information content (AvgIpc) is 3.22. The summed E-state index contributed by atoms with van der Waals surface area (Å²) < 4.78 is 13.6. The van der Waals surface area contributed by atoms with E-state index in [2.05, 4.69) is 44.2 Å². The molecule has 3 aromatic rings. The molecule has 0 spiro atoms. The summed E-state index contributed by atoms with van der Waals surface area (Å²) in [6.07, 6.45) is 11.4. The van der Waals surface area contributed by atoms with Crippen LogP contribution in [0.3, 0.4) is 0 Å². The average molecular weight is 454 g/mol. The summed E-state index contributed by atoms with van der Waals surface area (Å²) in [6.45, 7) is 4.38. The highest BCUT2D eigenvalue weighted by atomic mass is 32.1. The van der Waals surface area contributed by atoms with Crippen molar-refractivity contribution in [2.45, 2.75) is 39.2 Å². The van der Waals surface area contributed by atoms with Gasteiger partial charge in [0.05, 0.1) is 20.0 Å². The Morgan fingerprint density at radius 1 is 1.06 bits per heavy atom. The molecule has 0 unspecified atom stereocenters. The normalized spacial score (nSPS) is 10.6. The lowest BCUT2D eigenvalue weighted by molar-refractivity contribution is 0.286. The number of ether oxygens (including phenoxy) is 2. The molecule has 3 rings (SSSR count). The molecule has 0 aliphatic rings. The second kappa shape index (κ2) is 12.7. The van der Waals surface area contributed by atoms with Gasteiger partial charge in [-0.3, -0.25) is 4.98 Å². The van der Waals surface area contributed by atoms with E-state index >= 15 is 0 Å². The number of rotatable bonds is 12. The fourth-order valence-electron chi connectivity index (χ4n) is 3.27. The Kier molecular flexibility index (Phi) is 9.31. The number of methoxy groups -OCH3 is 1. The number of unbranched alkanes of at least 4 members (excludes halogenated alkanes) is 1. The number of benzene rings is 1. The van der Waals surface area contributed by atoms with Crippen LogP contribution in [0.1, 0.15) is 30.5 Å². The van der Waals surface area contributed by atoms with Gasteiger partial charge in [-0.15, -0.1) is 0 Å². The van der Waals surface area contributed by atoms with Crippen molar-refractivity contribution >= 4 is 23.0 Å². The first-order chi connectivity index (χ1) is 15.7. The van der Waals surface area contributed by atoms with Crippen molar-refractivity contribution in [1.29, 1.82) is 0 Å². The second-order valence-electron chi connectivity index (χ2n) is 7.49. The number of pyridine rings is 1. The molecule has 1 aromatic carbocycles. The van der Waals surface area contributed by atoms with Crippen molar-refractivity contribution < 1.29 is 9.47 Å². The number of thiocarbonyl (C=S) groups is 1. The van der Waals surface area contributed by atoms with Crippen LogP contribution in [0.5, 0.6) is 11.5 Å². The van der Waals surface area contributed by atoms with E-state index in [-0.39, 0.29) is 0 Å². The van der Waals surface area contributed by atoms with Gasteiger partial charge in [0, 0.05) is 49.1 Å². The highest BCUT2D eigenvalue weighted by molar-refractivity contribution is 7.80. The summed E-state index contributed by atoms with van der Waals surface area (Å²) in [5, 5.41) is 7.02. The van der Waals surface area contributed by atoms with Gasteiger partial charge in [-0.2, -0.15) is 0 Å². The van der Waals surface area contributed by atoms with Gasteiger partial charge in [0.2, 0.25) is 0 Å². The zero-order valence-electron chi connectivity index (χ0n) is 18.7. The van der Waals surface area contributed by atoms with E-state index in [1.165, 1.54) is 5.56 Å². The minimum Gasteiger partial charge on any atom is -0.493 e. The predicted molar refractivity (Wildman–Crippen MR) is 131 cm³/mol. The fraction of sp³-hybridized carbons (Fsp3) is 0.375. The maximum absolute atomic E-state index is 5.93. The molecular formula is C24H31N5O2S. The molecule has 2 aromatic heterocycles. The lowest BCUT2D eigenvalue weighted by Gasteiger charge is -2.14. The Bertz CT molecular complexity index is 978. The van der Waals surface area contributed by atoms with E-state index in [9.17, 15) is 0 Å². The summed E-state index contributed by atoms with van der Waals surface area (Å²) in [6, 6.07) is 9.85. The molecule has 32 heavy (non-hydrogen) atoms. The highest BCUT2D eigenvalue weighted by Gasteiger charge is 2.07. The Hall–Kier alpha value is -3.13. The molecular weight excluding hydrogens is 422 g/mol. The van der Waals surface area contributed by atoms with Crippen molar-refractivity contribution in [1.82, 2.24) is 19.9 Å². The number of aryl methyl sites for hydroxylation is 3. The minimum atomic E-state index is 0.583. The van der Waals surface area contributed by atoms with Crippen LogP contribution in [0.2, 0.25) is 0 Å². The van der Waals surface area contributed by atoms with E-state index in [1.54, 1.807) is 7.11 Å². The predicted octanol–water partition coefficient (Wildman–Crippen LogP) is 4.37. The molecule has 0 atom stereocenters. The first-order valence-corrected chi connectivity index (χ1v) is 11.3. The number of hydrogen-bond acceptors (Lipinski definition) is 5. The molecule has 8 heteroatoms. The van der Waals surface area contributed by atoms with Crippen molar-refractivity contribution in [3.63, 3.8) is 0 Å². The number of nitrogens with zero attached hydrogens (tertiary/aromatic N) is 3. The van der Waals surface area contributed by atoms with Crippen LogP contribution in [0.4, 0.5) is 5.69 Å². The van der Waals surface area contributed by atoms with Gasteiger partial charge in [-0.1, -0.05) is 0 Å². The quantitative estimate of drug-likeness (QED) is 0.312. The van der Waals surface area contributed by atoms with Crippen LogP contribution in [0, 0.1) is 6.92 Å². The van der Waals surface area contributed by atoms with E-state index in [4.69, 9.17) is 21.7 Å². The monoisotopic (exact) mass is 453 g/mol. The van der Waals surface area contributed by atoms with Crippen LogP contribution in [0.15, 0.2) is 55.2 Å². The maximum atomic E-state index is 5.93. The molecule has 2 heterocycles. The third-order valence-corrected chi connectivity index (χ3v) is 5.32. The maximum Gasteiger partial charge on any atom is 0.170 e. The molecule has 0 radical (unpaired) electrons. The van der Waals surface area contributed by atoms with Gasteiger partial charge in [0.25, 0.3) is 0 Å². The summed E-state index contributed by atoms with van der Waals surface area (Å²) in [5.41, 5.74) is 3.32. The summed E-state index contributed by atoms with van der Waals surface area (Å²) in [5.74, 6) is 1.42. The van der Waals surface area contributed by atoms with E-state index in [0.29, 0.717) is 17.5 Å². The van der Waals surface area contributed by atoms with Gasteiger partial charge in [-0.05, 0) is 74.7 Å². The van der Waals surface area contributed by atoms with Crippen molar-refractivity contribution in [2.24, 2.45) is 0 Å². The lowest BCUT2D eigenvalue weighted by Crippen LogP contribution is -2.29. The minimum absolute atomic E-state index is 0.583. The molecule has 2 N–H and O–H groups in total. The Balaban J connectivity index is 1.37.